The second kappa shape index (κ2) is 5.83. The van der Waals surface area contributed by atoms with E-state index in [9.17, 15) is 4.79 Å². The molecule has 26 heavy (non-hydrogen) atoms. The molecule has 0 aliphatic rings. The molecular formula is C20H11ClN2O2S. The van der Waals surface area contributed by atoms with Crippen molar-refractivity contribution in [2.75, 3.05) is 0 Å². The van der Waals surface area contributed by atoms with Crippen molar-refractivity contribution in [1.82, 2.24) is 9.38 Å². The summed E-state index contributed by atoms with van der Waals surface area (Å²) in [6.07, 6.45) is 1.75. The van der Waals surface area contributed by atoms with Gasteiger partial charge in [-0.3, -0.25) is 4.79 Å². The maximum Gasteiger partial charge on any atom is 0.275 e. The Labute approximate surface area is 156 Å². The van der Waals surface area contributed by atoms with E-state index in [0.29, 0.717) is 26.0 Å². The number of benzene rings is 2. The van der Waals surface area contributed by atoms with Crippen LogP contribution in [0.25, 0.3) is 33.4 Å². The predicted molar refractivity (Wildman–Crippen MR) is 105 cm³/mol. The minimum Gasteiger partial charge on any atom is -0.457 e. The fraction of sp³-hybridized carbons (Fsp3) is 0. The molecule has 0 fully saturated rings. The summed E-state index contributed by atoms with van der Waals surface area (Å²) in [4.78, 5) is 18.0. The number of aromatic nitrogens is 2. The third kappa shape index (κ3) is 2.44. The van der Waals surface area contributed by atoms with Gasteiger partial charge in [0.25, 0.3) is 5.56 Å². The predicted octanol–water partition coefficient (Wildman–Crippen LogP) is 4.37. The number of rotatable bonds is 2. The number of nitrogens with zero attached hydrogens (tertiary/aromatic N) is 2. The van der Waals surface area contributed by atoms with Crippen molar-refractivity contribution in [3.63, 3.8) is 0 Å². The van der Waals surface area contributed by atoms with Crippen LogP contribution in [0, 0.1) is 0 Å². The van der Waals surface area contributed by atoms with Gasteiger partial charge < -0.3 is 4.42 Å². The van der Waals surface area contributed by atoms with E-state index in [4.69, 9.17) is 16.0 Å². The Morgan fingerprint density at radius 3 is 2.85 bits per heavy atom. The lowest BCUT2D eigenvalue weighted by atomic mass is 10.2. The van der Waals surface area contributed by atoms with Crippen LogP contribution in [0.5, 0.6) is 0 Å². The molecule has 2 aromatic carbocycles. The van der Waals surface area contributed by atoms with E-state index in [1.807, 2.05) is 60.7 Å². The standard InChI is InChI=1S/C20H11ClN2O2S/c21-13-5-3-4-12(10-13)17-9-8-14(25-17)11-18-19(24)23-16-7-2-1-6-15(16)22-20(23)26-18/h1-11H/b18-11+. The fourth-order valence-electron chi connectivity index (χ4n) is 2.97. The summed E-state index contributed by atoms with van der Waals surface area (Å²) in [5, 5.41) is 0.651. The molecule has 0 saturated heterocycles. The summed E-state index contributed by atoms with van der Waals surface area (Å²) in [5.41, 5.74) is 2.46. The fourth-order valence-corrected chi connectivity index (χ4v) is 4.13. The van der Waals surface area contributed by atoms with Crippen LogP contribution in [0.3, 0.4) is 0 Å². The average Bonchev–Trinajstić information content (AvgIpc) is 3.31. The van der Waals surface area contributed by atoms with Crippen LogP contribution in [-0.2, 0) is 0 Å². The molecule has 4 nitrogen and oxygen atoms in total. The lowest BCUT2D eigenvalue weighted by Gasteiger charge is -1.96. The van der Waals surface area contributed by atoms with Gasteiger partial charge >= 0.3 is 0 Å². The first-order valence-electron chi connectivity index (χ1n) is 7.96. The van der Waals surface area contributed by atoms with Crippen LogP contribution >= 0.6 is 22.9 Å². The minimum absolute atomic E-state index is 0.0839. The maximum absolute atomic E-state index is 12.8. The van der Waals surface area contributed by atoms with Gasteiger partial charge in [0.05, 0.1) is 11.0 Å². The van der Waals surface area contributed by atoms with Crippen molar-refractivity contribution < 1.29 is 4.42 Å². The summed E-state index contributed by atoms with van der Waals surface area (Å²) in [7, 11) is 0. The second-order valence-electron chi connectivity index (χ2n) is 5.85. The SMILES string of the molecule is O=c1/c(=C\c2ccc(-c3cccc(Cl)c3)o2)sc2nc3ccccc3n12. The van der Waals surface area contributed by atoms with Crippen molar-refractivity contribution in [1.29, 1.82) is 0 Å². The largest absolute Gasteiger partial charge is 0.457 e. The van der Waals surface area contributed by atoms with Gasteiger partial charge in [0, 0.05) is 16.7 Å². The monoisotopic (exact) mass is 378 g/mol. The van der Waals surface area contributed by atoms with Crippen molar-refractivity contribution in [3.8, 4) is 11.3 Å². The molecular weight excluding hydrogens is 368 g/mol. The summed E-state index contributed by atoms with van der Waals surface area (Å²) in [6, 6.07) is 18.8. The molecule has 5 aromatic rings. The molecule has 0 spiro atoms. The van der Waals surface area contributed by atoms with Crippen molar-refractivity contribution in [2.45, 2.75) is 0 Å². The summed E-state index contributed by atoms with van der Waals surface area (Å²) < 4.78 is 8.10. The van der Waals surface area contributed by atoms with E-state index >= 15 is 0 Å². The first-order valence-corrected chi connectivity index (χ1v) is 9.16. The zero-order chi connectivity index (χ0) is 17.7. The molecule has 0 radical (unpaired) electrons. The number of hydrogen-bond acceptors (Lipinski definition) is 4. The van der Waals surface area contributed by atoms with E-state index in [1.54, 1.807) is 10.5 Å². The number of para-hydroxylation sites is 2. The van der Waals surface area contributed by atoms with Gasteiger partial charge in [0.15, 0.2) is 4.96 Å². The van der Waals surface area contributed by atoms with Gasteiger partial charge in [0.2, 0.25) is 0 Å². The molecule has 0 unspecified atom stereocenters. The molecule has 3 aromatic heterocycles. The molecule has 0 saturated carbocycles. The van der Waals surface area contributed by atoms with Crippen LogP contribution in [0.4, 0.5) is 0 Å². The molecule has 0 atom stereocenters. The molecule has 0 aliphatic heterocycles. The van der Waals surface area contributed by atoms with Gasteiger partial charge in [-0.15, -0.1) is 0 Å². The summed E-state index contributed by atoms with van der Waals surface area (Å²) in [5.74, 6) is 1.32. The number of fused-ring (bicyclic) bond motifs is 3. The van der Waals surface area contributed by atoms with E-state index in [0.717, 1.165) is 16.6 Å². The first kappa shape index (κ1) is 15.4. The van der Waals surface area contributed by atoms with Crippen LogP contribution < -0.4 is 10.1 Å². The van der Waals surface area contributed by atoms with E-state index in [-0.39, 0.29) is 5.56 Å². The number of thiazole rings is 1. The van der Waals surface area contributed by atoms with Crippen molar-refractivity contribution >= 4 is 45.0 Å². The Morgan fingerprint density at radius 1 is 1.08 bits per heavy atom. The first-order chi connectivity index (χ1) is 12.7. The zero-order valence-electron chi connectivity index (χ0n) is 13.3. The quantitative estimate of drug-likeness (QED) is 0.458. The highest BCUT2D eigenvalue weighted by Crippen LogP contribution is 2.25. The Hall–Kier alpha value is -2.89. The third-order valence-corrected chi connectivity index (χ3v) is 5.36. The van der Waals surface area contributed by atoms with E-state index in [2.05, 4.69) is 4.98 Å². The highest BCUT2D eigenvalue weighted by atomic mass is 35.5. The zero-order valence-corrected chi connectivity index (χ0v) is 14.9. The Kier molecular flexibility index (Phi) is 3.45. The molecule has 0 aliphatic carbocycles. The number of halogens is 1. The smallest absolute Gasteiger partial charge is 0.275 e. The number of hydrogen-bond donors (Lipinski definition) is 0. The van der Waals surface area contributed by atoms with Gasteiger partial charge in [-0.25, -0.2) is 9.38 Å². The molecule has 3 heterocycles. The minimum atomic E-state index is -0.0839. The van der Waals surface area contributed by atoms with Crippen molar-refractivity contribution in [3.05, 3.63) is 86.3 Å². The second-order valence-corrected chi connectivity index (χ2v) is 7.29. The maximum atomic E-state index is 12.8. The Morgan fingerprint density at radius 2 is 1.96 bits per heavy atom. The normalized spacial score (nSPS) is 12.4. The highest BCUT2D eigenvalue weighted by Gasteiger charge is 2.11. The van der Waals surface area contributed by atoms with E-state index < -0.39 is 0 Å². The van der Waals surface area contributed by atoms with Crippen LogP contribution in [-0.4, -0.2) is 9.38 Å². The molecule has 0 amide bonds. The van der Waals surface area contributed by atoms with Crippen LogP contribution in [0.1, 0.15) is 5.76 Å². The number of imidazole rings is 1. The lowest BCUT2D eigenvalue weighted by Crippen LogP contribution is -2.22. The van der Waals surface area contributed by atoms with Gasteiger partial charge in [-0.2, -0.15) is 0 Å². The summed E-state index contributed by atoms with van der Waals surface area (Å²) >= 11 is 7.39. The molecule has 126 valence electrons. The molecule has 5 rings (SSSR count). The van der Waals surface area contributed by atoms with E-state index in [1.165, 1.54) is 11.3 Å². The average molecular weight is 379 g/mol. The van der Waals surface area contributed by atoms with Gasteiger partial charge in [0.1, 0.15) is 16.1 Å². The third-order valence-electron chi connectivity index (χ3n) is 4.15. The molecule has 0 N–H and O–H groups in total. The Balaban J connectivity index is 1.63. The molecule has 0 bridgehead atoms. The van der Waals surface area contributed by atoms with Gasteiger partial charge in [-0.05, 0) is 36.4 Å². The van der Waals surface area contributed by atoms with Crippen molar-refractivity contribution in [2.24, 2.45) is 0 Å². The van der Waals surface area contributed by atoms with Gasteiger partial charge in [-0.1, -0.05) is 47.2 Å². The lowest BCUT2D eigenvalue weighted by molar-refractivity contribution is 0.571. The summed E-state index contributed by atoms with van der Waals surface area (Å²) in [6.45, 7) is 0. The molecule has 6 heteroatoms. The highest BCUT2D eigenvalue weighted by molar-refractivity contribution is 7.15. The Bertz CT molecular complexity index is 1380. The van der Waals surface area contributed by atoms with Crippen LogP contribution in [0.2, 0.25) is 5.02 Å². The number of furan rings is 1. The topological polar surface area (TPSA) is 47.5 Å². The van der Waals surface area contributed by atoms with Crippen LogP contribution in [0.15, 0.2) is 69.9 Å².